The summed E-state index contributed by atoms with van der Waals surface area (Å²) in [6, 6.07) is 18.0. The third-order valence-corrected chi connectivity index (χ3v) is 5.66. The van der Waals surface area contributed by atoms with Crippen molar-refractivity contribution in [3.8, 4) is 5.69 Å². The standard InChI is InChI=1S/C21H17N3O3S/c1-13-16-12-18(28-20(16)24(22-13)14-8-4-3-5-9-14)19(25)23(2)17-11-7-6-10-15(17)21(26)27/h3-12H,1-2H3,(H,26,27). The first-order valence-electron chi connectivity index (χ1n) is 8.62. The molecule has 1 amide bonds. The first-order valence-corrected chi connectivity index (χ1v) is 9.44. The maximum atomic E-state index is 13.1. The molecule has 0 unspecified atom stereocenters. The van der Waals surface area contributed by atoms with Gasteiger partial charge in [-0.1, -0.05) is 30.3 Å². The summed E-state index contributed by atoms with van der Waals surface area (Å²) in [6.07, 6.45) is 0. The number of benzene rings is 2. The molecule has 0 radical (unpaired) electrons. The molecule has 0 aliphatic rings. The molecule has 2 aromatic heterocycles. The van der Waals surface area contributed by atoms with Gasteiger partial charge in [0.1, 0.15) is 4.83 Å². The predicted molar refractivity (Wildman–Crippen MR) is 110 cm³/mol. The Hall–Kier alpha value is -3.45. The van der Waals surface area contributed by atoms with Crippen LogP contribution in [0.1, 0.15) is 25.7 Å². The van der Waals surface area contributed by atoms with Crippen LogP contribution in [0.2, 0.25) is 0 Å². The van der Waals surface area contributed by atoms with E-state index in [-0.39, 0.29) is 11.5 Å². The molecule has 0 saturated carbocycles. The molecule has 28 heavy (non-hydrogen) atoms. The van der Waals surface area contributed by atoms with Gasteiger partial charge in [0, 0.05) is 12.4 Å². The third kappa shape index (κ3) is 2.95. The van der Waals surface area contributed by atoms with Crippen molar-refractivity contribution in [2.45, 2.75) is 6.92 Å². The van der Waals surface area contributed by atoms with Crippen molar-refractivity contribution in [2.24, 2.45) is 0 Å². The topological polar surface area (TPSA) is 75.4 Å². The van der Waals surface area contributed by atoms with Crippen LogP contribution < -0.4 is 4.90 Å². The third-order valence-electron chi connectivity index (χ3n) is 4.56. The van der Waals surface area contributed by atoms with E-state index in [0.717, 1.165) is 21.6 Å². The molecular weight excluding hydrogens is 374 g/mol. The van der Waals surface area contributed by atoms with Crippen molar-refractivity contribution in [1.29, 1.82) is 0 Å². The Morgan fingerprint density at radius 1 is 1.07 bits per heavy atom. The van der Waals surface area contributed by atoms with E-state index in [4.69, 9.17) is 0 Å². The first kappa shape index (κ1) is 17.9. The molecule has 0 atom stereocenters. The predicted octanol–water partition coefficient (Wildman–Crippen LogP) is 4.37. The van der Waals surface area contributed by atoms with E-state index in [0.29, 0.717) is 10.6 Å². The quantitative estimate of drug-likeness (QED) is 0.560. The lowest BCUT2D eigenvalue weighted by atomic mass is 10.1. The van der Waals surface area contributed by atoms with Gasteiger partial charge in [-0.3, -0.25) is 4.79 Å². The molecule has 0 spiro atoms. The number of aromatic carboxylic acids is 1. The molecule has 0 aliphatic carbocycles. The minimum Gasteiger partial charge on any atom is -0.478 e. The number of anilines is 1. The smallest absolute Gasteiger partial charge is 0.337 e. The zero-order valence-electron chi connectivity index (χ0n) is 15.3. The van der Waals surface area contributed by atoms with Gasteiger partial charge in [-0.25, -0.2) is 9.48 Å². The number of thiophene rings is 1. The summed E-state index contributed by atoms with van der Waals surface area (Å²) in [5, 5.41) is 14.9. The number of para-hydroxylation sites is 2. The van der Waals surface area contributed by atoms with Crippen LogP contribution >= 0.6 is 11.3 Å². The Kier molecular flexibility index (Phi) is 4.44. The molecule has 1 N–H and O–H groups in total. The summed E-state index contributed by atoms with van der Waals surface area (Å²) in [5.41, 5.74) is 2.21. The number of rotatable bonds is 4. The Labute approximate surface area is 165 Å². The zero-order valence-corrected chi connectivity index (χ0v) is 16.1. The average molecular weight is 391 g/mol. The number of carboxylic acids is 1. The minimum atomic E-state index is -1.07. The summed E-state index contributed by atoms with van der Waals surface area (Å²) in [6.45, 7) is 1.91. The highest BCUT2D eigenvalue weighted by molar-refractivity contribution is 7.20. The normalized spacial score (nSPS) is 10.9. The van der Waals surface area contributed by atoms with Gasteiger partial charge >= 0.3 is 5.97 Å². The minimum absolute atomic E-state index is 0.0890. The molecular formula is C21H17N3O3S. The molecule has 6 nitrogen and oxygen atoms in total. The molecule has 0 fully saturated rings. The molecule has 0 bridgehead atoms. The van der Waals surface area contributed by atoms with Crippen LogP contribution in [0, 0.1) is 6.92 Å². The van der Waals surface area contributed by atoms with Gasteiger partial charge in [-0.05, 0) is 37.3 Å². The van der Waals surface area contributed by atoms with Gasteiger partial charge in [-0.2, -0.15) is 5.10 Å². The SMILES string of the molecule is Cc1nn(-c2ccccc2)c2sc(C(=O)N(C)c3ccccc3C(=O)O)cc12. The van der Waals surface area contributed by atoms with Crippen LogP contribution in [0.3, 0.4) is 0 Å². The number of hydrogen-bond donors (Lipinski definition) is 1. The van der Waals surface area contributed by atoms with Crippen molar-refractivity contribution in [2.75, 3.05) is 11.9 Å². The fraction of sp³-hybridized carbons (Fsp3) is 0.0952. The van der Waals surface area contributed by atoms with E-state index < -0.39 is 5.97 Å². The fourth-order valence-electron chi connectivity index (χ4n) is 3.12. The number of amides is 1. The second kappa shape index (κ2) is 6.94. The number of aryl methyl sites for hydroxylation is 1. The molecule has 2 heterocycles. The number of carbonyl (C=O) groups excluding carboxylic acids is 1. The fourth-order valence-corrected chi connectivity index (χ4v) is 4.28. The van der Waals surface area contributed by atoms with Gasteiger partial charge in [0.05, 0.1) is 27.5 Å². The summed E-state index contributed by atoms with van der Waals surface area (Å²) >= 11 is 1.35. The van der Waals surface area contributed by atoms with Gasteiger partial charge in [0.15, 0.2) is 0 Å². The summed E-state index contributed by atoms with van der Waals surface area (Å²) in [7, 11) is 1.59. The van der Waals surface area contributed by atoms with Gasteiger partial charge in [-0.15, -0.1) is 11.3 Å². The summed E-state index contributed by atoms with van der Waals surface area (Å²) < 4.78 is 1.83. The van der Waals surface area contributed by atoms with Crippen molar-refractivity contribution in [3.63, 3.8) is 0 Å². The molecule has 7 heteroatoms. The number of carbonyl (C=O) groups is 2. The Bertz CT molecular complexity index is 1190. The van der Waals surface area contributed by atoms with Crippen LogP contribution in [0.15, 0.2) is 60.7 Å². The molecule has 0 saturated heterocycles. The van der Waals surface area contributed by atoms with Crippen molar-refractivity contribution in [1.82, 2.24) is 9.78 Å². The van der Waals surface area contributed by atoms with E-state index in [9.17, 15) is 14.7 Å². The Balaban J connectivity index is 1.76. The lowest BCUT2D eigenvalue weighted by Crippen LogP contribution is -2.27. The van der Waals surface area contributed by atoms with Crippen molar-refractivity contribution < 1.29 is 14.7 Å². The average Bonchev–Trinajstić information content (AvgIpc) is 3.28. The molecule has 140 valence electrons. The maximum Gasteiger partial charge on any atom is 0.337 e. The second-order valence-electron chi connectivity index (χ2n) is 6.35. The molecule has 2 aromatic carbocycles. The number of aromatic nitrogens is 2. The zero-order chi connectivity index (χ0) is 19.8. The van der Waals surface area contributed by atoms with E-state index in [1.165, 1.54) is 22.3 Å². The highest BCUT2D eigenvalue weighted by atomic mass is 32.1. The number of hydrogen-bond acceptors (Lipinski definition) is 4. The highest BCUT2D eigenvalue weighted by Crippen LogP contribution is 2.32. The van der Waals surface area contributed by atoms with Crippen LogP contribution in [0.4, 0.5) is 5.69 Å². The van der Waals surface area contributed by atoms with Gasteiger partial charge in [0.25, 0.3) is 5.91 Å². The Morgan fingerprint density at radius 3 is 2.46 bits per heavy atom. The van der Waals surface area contributed by atoms with Crippen molar-refractivity contribution >= 4 is 39.1 Å². The lowest BCUT2D eigenvalue weighted by Gasteiger charge is -2.18. The monoisotopic (exact) mass is 391 g/mol. The maximum absolute atomic E-state index is 13.1. The molecule has 0 aliphatic heterocycles. The van der Waals surface area contributed by atoms with E-state index in [1.807, 2.05) is 48.0 Å². The molecule has 4 aromatic rings. The number of nitrogens with zero attached hydrogens (tertiary/aromatic N) is 3. The van der Waals surface area contributed by atoms with Crippen LogP contribution in [0.5, 0.6) is 0 Å². The van der Waals surface area contributed by atoms with Crippen LogP contribution in [0.25, 0.3) is 15.9 Å². The van der Waals surface area contributed by atoms with E-state index in [2.05, 4.69) is 5.10 Å². The summed E-state index contributed by atoms with van der Waals surface area (Å²) in [5.74, 6) is -1.32. The number of fused-ring (bicyclic) bond motifs is 1. The molecule has 4 rings (SSSR count). The van der Waals surface area contributed by atoms with Crippen molar-refractivity contribution in [3.05, 3.63) is 76.8 Å². The number of carboxylic acid groups (broad SMARTS) is 1. The van der Waals surface area contributed by atoms with Gasteiger partial charge < -0.3 is 10.0 Å². The highest BCUT2D eigenvalue weighted by Gasteiger charge is 2.23. The second-order valence-corrected chi connectivity index (χ2v) is 7.38. The van der Waals surface area contributed by atoms with Gasteiger partial charge in [0.2, 0.25) is 0 Å². The Morgan fingerprint density at radius 2 is 1.75 bits per heavy atom. The summed E-state index contributed by atoms with van der Waals surface area (Å²) in [4.78, 5) is 27.3. The van der Waals surface area contributed by atoms with E-state index in [1.54, 1.807) is 25.2 Å². The van der Waals surface area contributed by atoms with Crippen LogP contribution in [-0.2, 0) is 0 Å². The first-order chi connectivity index (χ1) is 13.5. The van der Waals surface area contributed by atoms with E-state index >= 15 is 0 Å². The lowest BCUT2D eigenvalue weighted by molar-refractivity contribution is 0.0697. The van der Waals surface area contributed by atoms with Crippen LogP contribution in [-0.4, -0.2) is 33.8 Å². The largest absolute Gasteiger partial charge is 0.478 e.